The van der Waals surface area contributed by atoms with E-state index in [4.69, 9.17) is 4.74 Å². The Morgan fingerprint density at radius 3 is 2.76 bits per heavy atom. The van der Waals surface area contributed by atoms with Crippen LogP contribution in [0.3, 0.4) is 0 Å². The lowest BCUT2D eigenvalue weighted by molar-refractivity contribution is -0.120. The predicted octanol–water partition coefficient (Wildman–Crippen LogP) is 2.12. The molecule has 1 aromatic carbocycles. The predicted molar refractivity (Wildman–Crippen MR) is 83.4 cm³/mol. The average molecular weight is 305 g/mol. The Labute approximate surface area is 128 Å². The van der Waals surface area contributed by atoms with Crippen molar-refractivity contribution in [1.29, 1.82) is 0 Å². The molecule has 2 aromatic rings. The van der Waals surface area contributed by atoms with Gasteiger partial charge in [-0.2, -0.15) is 0 Å². The Kier molecular flexibility index (Phi) is 5.71. The van der Waals surface area contributed by atoms with Gasteiger partial charge in [-0.25, -0.2) is 4.98 Å². The fourth-order valence-corrected chi connectivity index (χ4v) is 2.46. The lowest BCUT2D eigenvalue weighted by Crippen LogP contribution is -2.34. The fourth-order valence-electron chi connectivity index (χ4n) is 1.79. The van der Waals surface area contributed by atoms with Gasteiger partial charge in [0.05, 0.1) is 19.7 Å². The Morgan fingerprint density at radius 2 is 2.14 bits per heavy atom. The fraction of sp³-hybridized carbons (Fsp3) is 0.333. The molecule has 1 aromatic heterocycles. The van der Waals surface area contributed by atoms with Crippen LogP contribution in [0.15, 0.2) is 35.8 Å². The maximum atomic E-state index is 11.8. The number of amides is 1. The van der Waals surface area contributed by atoms with Gasteiger partial charge >= 0.3 is 0 Å². The standard InChI is InChI=1S/C15H19N3O2S/c1-11(15-16-7-8-21-15)17-10-14(19)18-9-12-3-5-13(20-2)6-4-12/h3-8,11,17H,9-10H2,1-2H3,(H,18,19). The van der Waals surface area contributed by atoms with E-state index in [1.807, 2.05) is 36.6 Å². The van der Waals surface area contributed by atoms with Gasteiger partial charge < -0.3 is 10.1 Å². The third kappa shape index (κ3) is 4.84. The van der Waals surface area contributed by atoms with E-state index >= 15 is 0 Å². The number of rotatable bonds is 7. The van der Waals surface area contributed by atoms with Crippen LogP contribution >= 0.6 is 11.3 Å². The van der Waals surface area contributed by atoms with Crippen molar-refractivity contribution < 1.29 is 9.53 Å². The van der Waals surface area contributed by atoms with E-state index in [1.54, 1.807) is 24.6 Å². The highest BCUT2D eigenvalue weighted by atomic mass is 32.1. The second-order valence-electron chi connectivity index (χ2n) is 4.60. The minimum atomic E-state index is -0.0331. The molecule has 0 spiro atoms. The summed E-state index contributed by atoms with van der Waals surface area (Å²) in [6.45, 7) is 2.78. The summed E-state index contributed by atoms with van der Waals surface area (Å²) >= 11 is 1.58. The Hall–Kier alpha value is -1.92. The van der Waals surface area contributed by atoms with Gasteiger partial charge in [0.2, 0.25) is 5.91 Å². The number of hydrogen-bond acceptors (Lipinski definition) is 5. The molecule has 21 heavy (non-hydrogen) atoms. The van der Waals surface area contributed by atoms with Crippen LogP contribution in [-0.2, 0) is 11.3 Å². The summed E-state index contributed by atoms with van der Waals surface area (Å²) in [5, 5.41) is 8.95. The SMILES string of the molecule is COc1ccc(CNC(=O)CNC(C)c2nccs2)cc1. The van der Waals surface area contributed by atoms with Crippen molar-refractivity contribution in [1.82, 2.24) is 15.6 Å². The molecule has 2 rings (SSSR count). The largest absolute Gasteiger partial charge is 0.497 e. The number of carbonyl (C=O) groups is 1. The Balaban J connectivity index is 1.71. The lowest BCUT2D eigenvalue weighted by atomic mass is 10.2. The first kappa shape index (κ1) is 15.5. The second-order valence-corrected chi connectivity index (χ2v) is 5.52. The number of aromatic nitrogens is 1. The van der Waals surface area contributed by atoms with Crippen LogP contribution in [0.4, 0.5) is 0 Å². The summed E-state index contributed by atoms with van der Waals surface area (Å²) in [6, 6.07) is 7.71. The third-order valence-electron chi connectivity index (χ3n) is 3.04. The molecule has 0 aliphatic heterocycles. The monoisotopic (exact) mass is 305 g/mol. The molecule has 0 aliphatic rings. The highest BCUT2D eigenvalue weighted by molar-refractivity contribution is 7.09. The van der Waals surface area contributed by atoms with Crippen LogP contribution in [0.2, 0.25) is 0 Å². The maximum absolute atomic E-state index is 11.8. The van der Waals surface area contributed by atoms with Crippen LogP contribution in [0, 0.1) is 0 Å². The maximum Gasteiger partial charge on any atom is 0.234 e. The second kappa shape index (κ2) is 7.75. The van der Waals surface area contributed by atoms with Gasteiger partial charge in [-0.1, -0.05) is 12.1 Å². The molecule has 6 heteroatoms. The molecule has 5 nitrogen and oxygen atoms in total. The number of nitrogens with zero attached hydrogens (tertiary/aromatic N) is 1. The van der Waals surface area contributed by atoms with E-state index in [1.165, 1.54) is 0 Å². The summed E-state index contributed by atoms with van der Waals surface area (Å²) in [5.41, 5.74) is 1.04. The van der Waals surface area contributed by atoms with Crippen molar-refractivity contribution in [2.45, 2.75) is 19.5 Å². The van der Waals surface area contributed by atoms with Crippen LogP contribution in [0.25, 0.3) is 0 Å². The normalized spacial score (nSPS) is 11.9. The number of methoxy groups -OCH3 is 1. The van der Waals surface area contributed by atoms with Gasteiger partial charge in [0.15, 0.2) is 0 Å². The number of hydrogen-bond donors (Lipinski definition) is 2. The Morgan fingerprint density at radius 1 is 1.38 bits per heavy atom. The molecule has 0 radical (unpaired) electrons. The summed E-state index contributed by atoms with van der Waals surface area (Å²) < 4.78 is 5.09. The highest BCUT2D eigenvalue weighted by Crippen LogP contribution is 2.14. The lowest BCUT2D eigenvalue weighted by Gasteiger charge is -2.11. The van der Waals surface area contributed by atoms with Crippen molar-refractivity contribution in [3.05, 3.63) is 46.4 Å². The zero-order valence-electron chi connectivity index (χ0n) is 12.1. The third-order valence-corrected chi connectivity index (χ3v) is 4.00. The van der Waals surface area contributed by atoms with E-state index in [9.17, 15) is 4.79 Å². The van der Waals surface area contributed by atoms with E-state index in [0.29, 0.717) is 6.54 Å². The number of carbonyl (C=O) groups excluding carboxylic acids is 1. The Bertz CT molecular complexity index is 555. The number of benzene rings is 1. The van der Waals surface area contributed by atoms with Crippen molar-refractivity contribution in [3.8, 4) is 5.75 Å². The molecule has 2 N–H and O–H groups in total. The first-order valence-corrected chi connectivity index (χ1v) is 7.59. The quantitative estimate of drug-likeness (QED) is 0.822. The van der Waals surface area contributed by atoms with Crippen molar-refractivity contribution in [3.63, 3.8) is 0 Å². The van der Waals surface area contributed by atoms with Crippen LogP contribution in [0.5, 0.6) is 5.75 Å². The molecular weight excluding hydrogens is 286 g/mol. The first-order valence-electron chi connectivity index (χ1n) is 6.71. The number of ether oxygens (including phenoxy) is 1. The van der Waals surface area contributed by atoms with E-state index in [2.05, 4.69) is 15.6 Å². The van der Waals surface area contributed by atoms with Gasteiger partial charge in [-0.3, -0.25) is 10.1 Å². The average Bonchev–Trinajstić information content (AvgIpc) is 3.05. The zero-order chi connectivity index (χ0) is 15.1. The molecular formula is C15H19N3O2S. The molecule has 0 aliphatic carbocycles. The summed E-state index contributed by atoms with van der Waals surface area (Å²) in [5.74, 6) is 0.776. The van der Waals surface area contributed by atoms with Gasteiger partial charge in [-0.05, 0) is 24.6 Å². The topological polar surface area (TPSA) is 63.2 Å². The van der Waals surface area contributed by atoms with Crippen molar-refractivity contribution >= 4 is 17.2 Å². The van der Waals surface area contributed by atoms with Gasteiger partial charge in [0.25, 0.3) is 0 Å². The molecule has 1 unspecified atom stereocenters. The molecule has 1 amide bonds. The van der Waals surface area contributed by atoms with E-state index < -0.39 is 0 Å². The van der Waals surface area contributed by atoms with Gasteiger partial charge in [0.1, 0.15) is 10.8 Å². The number of thiazole rings is 1. The molecule has 1 heterocycles. The van der Waals surface area contributed by atoms with Crippen LogP contribution in [0.1, 0.15) is 23.5 Å². The van der Waals surface area contributed by atoms with Gasteiger partial charge in [0, 0.05) is 18.1 Å². The molecule has 0 saturated heterocycles. The summed E-state index contributed by atoms with van der Waals surface area (Å²) in [6.07, 6.45) is 1.77. The van der Waals surface area contributed by atoms with Crippen molar-refractivity contribution in [2.75, 3.05) is 13.7 Å². The molecule has 0 fully saturated rings. The molecule has 0 bridgehead atoms. The smallest absolute Gasteiger partial charge is 0.234 e. The summed E-state index contributed by atoms with van der Waals surface area (Å²) in [4.78, 5) is 16.0. The first-order chi connectivity index (χ1) is 10.2. The molecule has 0 saturated carbocycles. The van der Waals surface area contributed by atoms with Crippen LogP contribution < -0.4 is 15.4 Å². The molecule has 1 atom stereocenters. The van der Waals surface area contributed by atoms with Gasteiger partial charge in [-0.15, -0.1) is 11.3 Å². The minimum absolute atomic E-state index is 0.0331. The zero-order valence-corrected chi connectivity index (χ0v) is 12.9. The van der Waals surface area contributed by atoms with E-state index in [0.717, 1.165) is 16.3 Å². The highest BCUT2D eigenvalue weighted by Gasteiger charge is 2.09. The van der Waals surface area contributed by atoms with E-state index in [-0.39, 0.29) is 18.5 Å². The summed E-state index contributed by atoms with van der Waals surface area (Å²) in [7, 11) is 1.63. The number of nitrogens with one attached hydrogen (secondary N) is 2. The molecule has 112 valence electrons. The van der Waals surface area contributed by atoms with Crippen LogP contribution in [-0.4, -0.2) is 24.5 Å². The minimum Gasteiger partial charge on any atom is -0.497 e. The van der Waals surface area contributed by atoms with Crippen molar-refractivity contribution in [2.24, 2.45) is 0 Å².